The van der Waals surface area contributed by atoms with Gasteiger partial charge in [-0.3, -0.25) is 4.79 Å². The van der Waals surface area contributed by atoms with Crippen molar-refractivity contribution in [3.63, 3.8) is 0 Å². The molecule has 0 unspecified atom stereocenters. The van der Waals surface area contributed by atoms with Crippen LogP contribution in [0.25, 0.3) is 21.8 Å². The van der Waals surface area contributed by atoms with Gasteiger partial charge in [0, 0.05) is 27.4 Å². The van der Waals surface area contributed by atoms with Crippen LogP contribution in [-0.4, -0.2) is 15.6 Å². The molecule has 4 nitrogen and oxygen atoms in total. The zero-order valence-electron chi connectivity index (χ0n) is 14.2. The van der Waals surface area contributed by atoms with Crippen molar-refractivity contribution in [2.45, 2.75) is 13.2 Å². The number of amides is 1. The number of aliphatic hydroxyl groups is 1. The average Bonchev–Trinajstić information content (AvgIpc) is 2.97. The number of carbonyl (C=O) groups is 1. The first kappa shape index (κ1) is 17.2. The molecular formula is C21H16F2N2O2. The summed E-state index contributed by atoms with van der Waals surface area (Å²) in [5, 5.41) is 10.8. The van der Waals surface area contributed by atoms with Gasteiger partial charge in [0.2, 0.25) is 5.91 Å². The Hall–Kier alpha value is -3.25. The van der Waals surface area contributed by atoms with Crippen molar-refractivity contribution in [2.75, 3.05) is 0 Å². The van der Waals surface area contributed by atoms with Gasteiger partial charge < -0.3 is 15.4 Å². The van der Waals surface area contributed by atoms with Crippen LogP contribution in [0.1, 0.15) is 21.5 Å². The summed E-state index contributed by atoms with van der Waals surface area (Å²) >= 11 is 0. The van der Waals surface area contributed by atoms with E-state index < -0.39 is 17.5 Å². The van der Waals surface area contributed by atoms with Gasteiger partial charge in [-0.05, 0) is 35.9 Å². The Morgan fingerprint density at radius 2 is 1.70 bits per heavy atom. The summed E-state index contributed by atoms with van der Waals surface area (Å²) in [6, 6.07) is 14.1. The second kappa shape index (κ2) is 6.48. The van der Waals surface area contributed by atoms with E-state index in [1.165, 1.54) is 18.2 Å². The molecule has 0 aliphatic heterocycles. The van der Waals surface area contributed by atoms with Crippen LogP contribution in [0.2, 0.25) is 0 Å². The number of primary amides is 1. The van der Waals surface area contributed by atoms with Crippen molar-refractivity contribution >= 4 is 27.7 Å². The number of halogens is 2. The zero-order valence-corrected chi connectivity index (χ0v) is 14.2. The summed E-state index contributed by atoms with van der Waals surface area (Å²) < 4.78 is 30.2. The molecule has 1 aromatic heterocycles. The summed E-state index contributed by atoms with van der Waals surface area (Å²) in [5.74, 6) is -1.87. The van der Waals surface area contributed by atoms with E-state index in [0.29, 0.717) is 27.5 Å². The highest BCUT2D eigenvalue weighted by atomic mass is 19.1. The fraction of sp³-hybridized carbons (Fsp3) is 0.0952. The van der Waals surface area contributed by atoms with Gasteiger partial charge in [0.1, 0.15) is 11.6 Å². The number of fused-ring (bicyclic) bond motifs is 3. The summed E-state index contributed by atoms with van der Waals surface area (Å²) in [6.07, 6.45) is 0. The molecule has 3 aromatic carbocycles. The van der Waals surface area contributed by atoms with Gasteiger partial charge in [0.05, 0.1) is 18.7 Å². The summed E-state index contributed by atoms with van der Waals surface area (Å²) in [4.78, 5) is 11.9. The van der Waals surface area contributed by atoms with Gasteiger partial charge in [0.15, 0.2) is 0 Å². The second-order valence-corrected chi connectivity index (χ2v) is 6.36. The van der Waals surface area contributed by atoms with Gasteiger partial charge in [-0.15, -0.1) is 0 Å². The van der Waals surface area contributed by atoms with Gasteiger partial charge in [-0.25, -0.2) is 8.78 Å². The van der Waals surface area contributed by atoms with Crippen LogP contribution in [0.3, 0.4) is 0 Å². The molecule has 0 aliphatic rings. The Labute approximate surface area is 153 Å². The van der Waals surface area contributed by atoms with Crippen LogP contribution in [0.4, 0.5) is 8.78 Å². The van der Waals surface area contributed by atoms with Crippen LogP contribution in [-0.2, 0) is 13.2 Å². The van der Waals surface area contributed by atoms with E-state index >= 15 is 0 Å². The molecule has 136 valence electrons. The van der Waals surface area contributed by atoms with Crippen LogP contribution in [0.15, 0.2) is 54.6 Å². The lowest BCUT2D eigenvalue weighted by molar-refractivity contribution is 0.100. The maximum absolute atomic E-state index is 14.2. The largest absolute Gasteiger partial charge is 0.392 e. The Morgan fingerprint density at radius 3 is 2.37 bits per heavy atom. The van der Waals surface area contributed by atoms with E-state index in [4.69, 9.17) is 5.73 Å². The standard InChI is InChI=1S/C21H16F2N2O2/c22-16-4-2-5-17(23)15(16)10-25-18-6-1-3-14(21(24)27)20(18)13-8-7-12(11-26)9-19(13)25/h1-9,26H,10-11H2,(H2,24,27). The lowest BCUT2D eigenvalue weighted by Crippen LogP contribution is -2.11. The van der Waals surface area contributed by atoms with Crippen molar-refractivity contribution < 1.29 is 18.7 Å². The molecule has 0 fully saturated rings. The Morgan fingerprint density at radius 1 is 1.00 bits per heavy atom. The molecule has 0 saturated heterocycles. The van der Waals surface area contributed by atoms with Gasteiger partial charge in [0.25, 0.3) is 0 Å². The maximum Gasteiger partial charge on any atom is 0.249 e. The Balaban J connectivity index is 2.08. The first-order valence-corrected chi connectivity index (χ1v) is 8.38. The molecule has 1 amide bonds. The number of carbonyl (C=O) groups excluding carboxylic acids is 1. The van der Waals surface area contributed by atoms with E-state index in [9.17, 15) is 18.7 Å². The summed E-state index contributed by atoms with van der Waals surface area (Å²) in [5.41, 5.74) is 7.74. The first-order valence-electron chi connectivity index (χ1n) is 8.38. The zero-order chi connectivity index (χ0) is 19.1. The number of nitrogens with two attached hydrogens (primary N) is 1. The third-order valence-electron chi connectivity index (χ3n) is 4.78. The lowest BCUT2D eigenvalue weighted by atomic mass is 10.0. The normalized spacial score (nSPS) is 11.4. The molecule has 4 aromatic rings. The first-order chi connectivity index (χ1) is 13.0. The lowest BCUT2D eigenvalue weighted by Gasteiger charge is -2.10. The highest BCUT2D eigenvalue weighted by molar-refractivity contribution is 6.17. The van der Waals surface area contributed by atoms with Gasteiger partial charge in [-0.2, -0.15) is 0 Å². The Bertz CT molecular complexity index is 1180. The third kappa shape index (κ3) is 2.74. The molecule has 0 atom stereocenters. The van der Waals surface area contributed by atoms with E-state index in [1.807, 2.05) is 0 Å². The van der Waals surface area contributed by atoms with Gasteiger partial charge in [-0.1, -0.05) is 24.3 Å². The minimum Gasteiger partial charge on any atom is -0.392 e. The monoisotopic (exact) mass is 366 g/mol. The predicted octanol–water partition coefficient (Wildman–Crippen LogP) is 3.71. The molecular weight excluding hydrogens is 350 g/mol. The number of hydrogen-bond donors (Lipinski definition) is 2. The van der Waals surface area contributed by atoms with Crippen molar-refractivity contribution in [1.29, 1.82) is 0 Å². The van der Waals surface area contributed by atoms with Crippen molar-refractivity contribution in [2.24, 2.45) is 5.73 Å². The minimum atomic E-state index is -0.644. The second-order valence-electron chi connectivity index (χ2n) is 6.36. The average molecular weight is 366 g/mol. The maximum atomic E-state index is 14.2. The summed E-state index contributed by atoms with van der Waals surface area (Å²) in [6.45, 7) is -0.232. The fourth-order valence-electron chi connectivity index (χ4n) is 3.51. The van der Waals surface area contributed by atoms with Crippen molar-refractivity contribution in [3.8, 4) is 0 Å². The number of nitrogens with zero attached hydrogens (tertiary/aromatic N) is 1. The third-order valence-corrected chi connectivity index (χ3v) is 4.78. The molecule has 6 heteroatoms. The molecule has 1 heterocycles. The van der Waals surface area contributed by atoms with E-state index in [0.717, 1.165) is 5.39 Å². The molecule has 27 heavy (non-hydrogen) atoms. The minimum absolute atomic E-state index is 0.0599. The van der Waals surface area contributed by atoms with Crippen molar-refractivity contribution in [1.82, 2.24) is 4.57 Å². The summed E-state index contributed by atoms with van der Waals surface area (Å²) in [7, 11) is 0. The molecule has 0 radical (unpaired) electrons. The van der Waals surface area contributed by atoms with E-state index in [2.05, 4.69) is 0 Å². The highest BCUT2D eigenvalue weighted by Crippen LogP contribution is 2.33. The van der Waals surface area contributed by atoms with Crippen LogP contribution >= 0.6 is 0 Å². The molecule has 0 spiro atoms. The predicted molar refractivity (Wildman–Crippen MR) is 99.3 cm³/mol. The number of aliphatic hydroxyl groups excluding tert-OH is 1. The molecule has 4 rings (SSSR count). The molecule has 3 N–H and O–H groups in total. The number of hydrogen-bond acceptors (Lipinski definition) is 2. The van der Waals surface area contributed by atoms with Crippen LogP contribution in [0, 0.1) is 11.6 Å². The topological polar surface area (TPSA) is 68.2 Å². The van der Waals surface area contributed by atoms with Crippen LogP contribution < -0.4 is 5.73 Å². The number of benzene rings is 3. The van der Waals surface area contributed by atoms with Crippen molar-refractivity contribution in [3.05, 3.63) is 82.9 Å². The number of aromatic nitrogens is 1. The van der Waals surface area contributed by atoms with E-state index in [-0.39, 0.29) is 18.7 Å². The van der Waals surface area contributed by atoms with Crippen LogP contribution in [0.5, 0.6) is 0 Å². The molecule has 0 saturated carbocycles. The SMILES string of the molecule is NC(=O)c1cccc2c1c1ccc(CO)cc1n2Cc1c(F)cccc1F. The molecule has 0 aliphatic carbocycles. The smallest absolute Gasteiger partial charge is 0.249 e. The highest BCUT2D eigenvalue weighted by Gasteiger charge is 2.19. The quantitative estimate of drug-likeness (QED) is 0.578. The van der Waals surface area contributed by atoms with Gasteiger partial charge >= 0.3 is 0 Å². The fourth-order valence-corrected chi connectivity index (χ4v) is 3.51. The Kier molecular flexibility index (Phi) is 4.12. The number of rotatable bonds is 4. The van der Waals surface area contributed by atoms with E-state index in [1.54, 1.807) is 41.0 Å². The molecule has 0 bridgehead atoms.